The SMILES string of the molecule is CCOC1CC(N)(C(=O)NCCc2cccc(OC)c2)C1(C)C. The predicted octanol–water partition coefficient (Wildman–Crippen LogP) is 1.89. The molecular formula is C18H28N2O3. The van der Waals surface area contributed by atoms with E-state index in [0.717, 1.165) is 17.7 Å². The molecular weight excluding hydrogens is 292 g/mol. The van der Waals surface area contributed by atoms with Crippen LogP contribution in [-0.4, -0.2) is 37.8 Å². The maximum Gasteiger partial charge on any atom is 0.240 e. The molecule has 2 rings (SSSR count). The number of carbonyl (C=O) groups is 1. The highest BCUT2D eigenvalue weighted by Crippen LogP contribution is 2.49. The summed E-state index contributed by atoms with van der Waals surface area (Å²) in [5.41, 5.74) is 6.26. The third-order valence-corrected chi connectivity index (χ3v) is 5.07. The van der Waals surface area contributed by atoms with E-state index in [4.69, 9.17) is 15.2 Å². The number of amides is 1. The molecule has 128 valence electrons. The summed E-state index contributed by atoms with van der Waals surface area (Å²) in [7, 11) is 1.65. The smallest absolute Gasteiger partial charge is 0.240 e. The Bertz CT molecular complexity index is 559. The van der Waals surface area contributed by atoms with Crippen LogP contribution in [0.3, 0.4) is 0 Å². The molecule has 3 N–H and O–H groups in total. The van der Waals surface area contributed by atoms with Crippen LogP contribution in [0.5, 0.6) is 5.75 Å². The average molecular weight is 320 g/mol. The summed E-state index contributed by atoms with van der Waals surface area (Å²) >= 11 is 0. The number of rotatable bonds is 7. The van der Waals surface area contributed by atoms with Crippen LogP contribution >= 0.6 is 0 Å². The Morgan fingerprint density at radius 1 is 1.43 bits per heavy atom. The highest BCUT2D eigenvalue weighted by molar-refractivity contribution is 5.88. The summed E-state index contributed by atoms with van der Waals surface area (Å²) < 4.78 is 10.9. The number of hydrogen-bond donors (Lipinski definition) is 2. The fourth-order valence-electron chi connectivity index (χ4n) is 3.13. The van der Waals surface area contributed by atoms with Gasteiger partial charge in [-0.25, -0.2) is 0 Å². The third-order valence-electron chi connectivity index (χ3n) is 5.07. The zero-order valence-electron chi connectivity index (χ0n) is 14.5. The minimum atomic E-state index is -0.860. The minimum absolute atomic E-state index is 0.0432. The van der Waals surface area contributed by atoms with Crippen LogP contribution in [0.2, 0.25) is 0 Å². The lowest BCUT2D eigenvalue weighted by Gasteiger charge is -2.57. The summed E-state index contributed by atoms with van der Waals surface area (Å²) in [5.74, 6) is 0.727. The Kier molecular flexibility index (Phi) is 5.32. The third kappa shape index (κ3) is 3.35. The van der Waals surface area contributed by atoms with Gasteiger partial charge in [0.15, 0.2) is 0 Å². The first-order valence-electron chi connectivity index (χ1n) is 8.17. The predicted molar refractivity (Wildman–Crippen MR) is 90.4 cm³/mol. The van der Waals surface area contributed by atoms with Crippen molar-refractivity contribution in [2.24, 2.45) is 11.1 Å². The van der Waals surface area contributed by atoms with Crippen LogP contribution in [0, 0.1) is 5.41 Å². The molecule has 0 heterocycles. The molecule has 0 saturated heterocycles. The van der Waals surface area contributed by atoms with Crippen molar-refractivity contribution in [2.75, 3.05) is 20.3 Å². The van der Waals surface area contributed by atoms with Crippen LogP contribution in [0.15, 0.2) is 24.3 Å². The molecule has 1 aliphatic rings. The lowest BCUT2D eigenvalue weighted by molar-refractivity contribution is -0.170. The van der Waals surface area contributed by atoms with Crippen molar-refractivity contribution in [2.45, 2.75) is 45.3 Å². The summed E-state index contributed by atoms with van der Waals surface area (Å²) in [6, 6.07) is 7.85. The molecule has 1 amide bonds. The topological polar surface area (TPSA) is 73.6 Å². The molecule has 1 fully saturated rings. The molecule has 0 bridgehead atoms. The standard InChI is InChI=1S/C18H28N2O3/c1-5-23-15-12-18(19,17(15,2)3)16(21)20-10-9-13-7-6-8-14(11-13)22-4/h6-8,11,15H,5,9-10,12,19H2,1-4H3,(H,20,21). The number of methoxy groups -OCH3 is 1. The van der Waals surface area contributed by atoms with Gasteiger partial charge in [-0.15, -0.1) is 0 Å². The van der Waals surface area contributed by atoms with Gasteiger partial charge in [0.05, 0.1) is 13.2 Å². The second-order valence-electron chi connectivity index (χ2n) is 6.70. The fourth-order valence-corrected chi connectivity index (χ4v) is 3.13. The number of benzene rings is 1. The Morgan fingerprint density at radius 2 is 2.17 bits per heavy atom. The average Bonchev–Trinajstić information content (AvgIpc) is 2.54. The van der Waals surface area contributed by atoms with Crippen molar-refractivity contribution < 1.29 is 14.3 Å². The van der Waals surface area contributed by atoms with Gasteiger partial charge in [0.25, 0.3) is 0 Å². The van der Waals surface area contributed by atoms with Gasteiger partial charge in [-0.05, 0) is 31.0 Å². The highest BCUT2D eigenvalue weighted by atomic mass is 16.5. The molecule has 2 atom stereocenters. The maximum atomic E-state index is 12.5. The lowest BCUT2D eigenvalue weighted by Crippen LogP contribution is -2.75. The molecule has 0 radical (unpaired) electrons. The summed E-state index contributed by atoms with van der Waals surface area (Å²) in [6.45, 7) is 7.15. The summed E-state index contributed by atoms with van der Waals surface area (Å²) in [5, 5.41) is 2.97. The molecule has 23 heavy (non-hydrogen) atoms. The second kappa shape index (κ2) is 6.89. The number of carbonyl (C=O) groups excluding carboxylic acids is 1. The van der Waals surface area contributed by atoms with Gasteiger partial charge in [0, 0.05) is 25.0 Å². The van der Waals surface area contributed by atoms with E-state index in [0.29, 0.717) is 19.6 Å². The van der Waals surface area contributed by atoms with Crippen molar-refractivity contribution >= 4 is 5.91 Å². The first kappa shape index (κ1) is 17.8. The lowest BCUT2D eigenvalue weighted by atomic mass is 9.54. The zero-order chi connectivity index (χ0) is 17.1. The summed E-state index contributed by atoms with van der Waals surface area (Å²) in [4.78, 5) is 12.5. The van der Waals surface area contributed by atoms with Crippen molar-refractivity contribution in [1.82, 2.24) is 5.32 Å². The highest BCUT2D eigenvalue weighted by Gasteiger charge is 2.62. The van der Waals surface area contributed by atoms with E-state index in [1.165, 1.54) is 0 Å². The molecule has 1 saturated carbocycles. The van der Waals surface area contributed by atoms with Crippen LogP contribution in [0.25, 0.3) is 0 Å². The van der Waals surface area contributed by atoms with Crippen LogP contribution < -0.4 is 15.8 Å². The first-order valence-corrected chi connectivity index (χ1v) is 8.17. The number of hydrogen-bond acceptors (Lipinski definition) is 4. The Hall–Kier alpha value is -1.59. The molecule has 1 aromatic carbocycles. The van der Waals surface area contributed by atoms with E-state index < -0.39 is 5.54 Å². The Morgan fingerprint density at radius 3 is 2.78 bits per heavy atom. The molecule has 1 aromatic rings. The van der Waals surface area contributed by atoms with Crippen LogP contribution in [-0.2, 0) is 16.0 Å². The van der Waals surface area contributed by atoms with Gasteiger partial charge >= 0.3 is 0 Å². The van der Waals surface area contributed by atoms with Crippen LogP contribution in [0.4, 0.5) is 0 Å². The normalized spacial score (nSPS) is 25.5. The van der Waals surface area contributed by atoms with E-state index in [2.05, 4.69) is 5.32 Å². The van der Waals surface area contributed by atoms with Gasteiger partial charge in [-0.2, -0.15) is 0 Å². The molecule has 0 spiro atoms. The largest absolute Gasteiger partial charge is 0.497 e. The van der Waals surface area contributed by atoms with Gasteiger partial charge in [0.2, 0.25) is 5.91 Å². The molecule has 0 aromatic heterocycles. The van der Waals surface area contributed by atoms with Gasteiger partial charge in [0.1, 0.15) is 11.3 Å². The quantitative estimate of drug-likeness (QED) is 0.804. The van der Waals surface area contributed by atoms with E-state index >= 15 is 0 Å². The van der Waals surface area contributed by atoms with Crippen LogP contribution in [0.1, 0.15) is 32.8 Å². The first-order chi connectivity index (χ1) is 10.8. The Balaban J connectivity index is 1.87. The number of ether oxygens (including phenoxy) is 2. The number of nitrogens with one attached hydrogen (secondary N) is 1. The number of nitrogens with two attached hydrogens (primary N) is 1. The van der Waals surface area contributed by atoms with E-state index in [1.807, 2.05) is 45.0 Å². The molecule has 2 unspecified atom stereocenters. The molecule has 0 aliphatic heterocycles. The van der Waals surface area contributed by atoms with Crippen molar-refractivity contribution in [3.8, 4) is 5.75 Å². The van der Waals surface area contributed by atoms with E-state index in [9.17, 15) is 4.79 Å². The van der Waals surface area contributed by atoms with Gasteiger partial charge in [-0.3, -0.25) is 4.79 Å². The van der Waals surface area contributed by atoms with Gasteiger partial charge in [-0.1, -0.05) is 26.0 Å². The van der Waals surface area contributed by atoms with E-state index in [-0.39, 0.29) is 17.4 Å². The van der Waals surface area contributed by atoms with Crippen molar-refractivity contribution in [3.63, 3.8) is 0 Å². The Labute approximate surface area is 138 Å². The monoisotopic (exact) mass is 320 g/mol. The van der Waals surface area contributed by atoms with Gasteiger partial charge < -0.3 is 20.5 Å². The van der Waals surface area contributed by atoms with Crippen molar-refractivity contribution in [1.29, 1.82) is 0 Å². The maximum absolute atomic E-state index is 12.5. The minimum Gasteiger partial charge on any atom is -0.497 e. The fraction of sp³-hybridized carbons (Fsp3) is 0.611. The molecule has 5 nitrogen and oxygen atoms in total. The molecule has 1 aliphatic carbocycles. The zero-order valence-corrected chi connectivity index (χ0v) is 14.5. The molecule has 5 heteroatoms. The van der Waals surface area contributed by atoms with E-state index in [1.54, 1.807) is 7.11 Å². The van der Waals surface area contributed by atoms with Crippen molar-refractivity contribution in [3.05, 3.63) is 29.8 Å². The summed E-state index contributed by atoms with van der Waals surface area (Å²) in [6.07, 6.45) is 1.36. The second-order valence-corrected chi connectivity index (χ2v) is 6.70.